The maximum absolute atomic E-state index is 13.2. The molecule has 0 unspecified atom stereocenters. The summed E-state index contributed by atoms with van der Waals surface area (Å²) in [5, 5.41) is 5.97. The average molecular weight is 471 g/mol. The number of hydrogen-bond donors (Lipinski definition) is 2. The minimum absolute atomic E-state index is 0.164. The van der Waals surface area contributed by atoms with Crippen LogP contribution in [-0.4, -0.2) is 29.9 Å². The second-order valence-electron chi connectivity index (χ2n) is 9.08. The molecule has 182 valence electrons. The van der Waals surface area contributed by atoms with E-state index in [0.29, 0.717) is 23.4 Å². The molecule has 0 aliphatic carbocycles. The molecule has 2 heterocycles. The van der Waals surface area contributed by atoms with Crippen molar-refractivity contribution >= 4 is 23.2 Å². The Morgan fingerprint density at radius 3 is 2.46 bits per heavy atom. The molecular weight excluding hydrogens is 436 g/mol. The van der Waals surface area contributed by atoms with Crippen LogP contribution in [-0.2, 0) is 13.0 Å². The molecule has 0 radical (unpaired) electrons. The smallest absolute Gasteiger partial charge is 0.255 e. The first-order valence-corrected chi connectivity index (χ1v) is 12.6. The lowest BCUT2D eigenvalue weighted by Crippen LogP contribution is -2.27. The van der Waals surface area contributed by atoms with Crippen LogP contribution in [0.2, 0.25) is 0 Å². The lowest BCUT2D eigenvalue weighted by molar-refractivity contribution is 0.0950. The Kier molecular flexibility index (Phi) is 8.49. The summed E-state index contributed by atoms with van der Waals surface area (Å²) in [6.07, 6.45) is 10.3. The monoisotopic (exact) mass is 470 g/mol. The topological polar surface area (TPSA) is 74.3 Å². The van der Waals surface area contributed by atoms with E-state index in [1.165, 1.54) is 18.4 Å². The summed E-state index contributed by atoms with van der Waals surface area (Å²) in [5.74, 6) is -0.343. The number of benzene rings is 2. The Hall–Kier alpha value is -3.67. The molecule has 4 rings (SSSR count). The highest BCUT2D eigenvalue weighted by Crippen LogP contribution is 2.28. The third-order valence-electron chi connectivity index (χ3n) is 6.41. The number of hydrogen-bond acceptors (Lipinski definition) is 4. The number of carbonyl (C=O) groups is 2. The minimum Gasteiger partial charge on any atom is -0.371 e. The van der Waals surface area contributed by atoms with E-state index in [2.05, 4.69) is 27.4 Å². The zero-order chi connectivity index (χ0) is 24.5. The molecule has 1 aliphatic heterocycles. The molecule has 2 amide bonds. The van der Waals surface area contributed by atoms with Gasteiger partial charge in [-0.1, -0.05) is 38.0 Å². The van der Waals surface area contributed by atoms with Gasteiger partial charge in [0.25, 0.3) is 11.8 Å². The Bertz CT molecular complexity index is 1120. The largest absolute Gasteiger partial charge is 0.371 e. The standard InChI is InChI=1S/C29H34N4O2/c1-2-3-4-8-22-10-12-24(13-11-22)28(34)32-25-14-15-27(33-17-5-6-18-33)26(19-25)29(35)31-21-23-9-7-16-30-20-23/h7,9-16,19-20H,2-6,8,17-18,21H2,1H3,(H,31,35)(H,32,34). The second kappa shape index (κ2) is 12.2. The fourth-order valence-corrected chi connectivity index (χ4v) is 4.41. The molecular formula is C29H34N4O2. The maximum atomic E-state index is 13.2. The molecule has 0 bridgehead atoms. The van der Waals surface area contributed by atoms with E-state index in [0.717, 1.165) is 50.0 Å². The predicted molar refractivity (Wildman–Crippen MR) is 141 cm³/mol. The van der Waals surface area contributed by atoms with Gasteiger partial charge in [-0.05, 0) is 73.2 Å². The van der Waals surface area contributed by atoms with Gasteiger partial charge in [-0.25, -0.2) is 0 Å². The molecule has 6 heteroatoms. The third kappa shape index (κ3) is 6.69. The Morgan fingerprint density at radius 1 is 0.943 bits per heavy atom. The van der Waals surface area contributed by atoms with Gasteiger partial charge in [0.2, 0.25) is 0 Å². The Morgan fingerprint density at radius 2 is 1.74 bits per heavy atom. The van der Waals surface area contributed by atoms with Gasteiger partial charge in [0, 0.05) is 49.0 Å². The van der Waals surface area contributed by atoms with E-state index in [1.807, 2.05) is 48.5 Å². The van der Waals surface area contributed by atoms with Crippen LogP contribution in [0.25, 0.3) is 0 Å². The summed E-state index contributed by atoms with van der Waals surface area (Å²) >= 11 is 0. The van der Waals surface area contributed by atoms with Crippen molar-refractivity contribution in [1.29, 1.82) is 0 Å². The highest BCUT2D eigenvalue weighted by molar-refractivity contribution is 6.06. The normalized spacial score (nSPS) is 13.0. The molecule has 6 nitrogen and oxygen atoms in total. The van der Waals surface area contributed by atoms with E-state index in [1.54, 1.807) is 18.5 Å². The van der Waals surface area contributed by atoms with Crippen LogP contribution in [0.4, 0.5) is 11.4 Å². The van der Waals surface area contributed by atoms with E-state index < -0.39 is 0 Å². The summed E-state index contributed by atoms with van der Waals surface area (Å²) in [7, 11) is 0. The first-order valence-electron chi connectivity index (χ1n) is 12.6. The number of anilines is 2. The zero-order valence-electron chi connectivity index (χ0n) is 20.4. The zero-order valence-corrected chi connectivity index (χ0v) is 20.4. The molecule has 0 atom stereocenters. The van der Waals surface area contributed by atoms with Crippen LogP contribution < -0.4 is 15.5 Å². The predicted octanol–water partition coefficient (Wildman–Crippen LogP) is 5.60. The fourth-order valence-electron chi connectivity index (χ4n) is 4.41. The molecule has 1 aliphatic rings. The van der Waals surface area contributed by atoms with Gasteiger partial charge in [-0.15, -0.1) is 0 Å². The van der Waals surface area contributed by atoms with Crippen LogP contribution in [0.3, 0.4) is 0 Å². The van der Waals surface area contributed by atoms with Crippen molar-refractivity contribution in [2.75, 3.05) is 23.3 Å². The van der Waals surface area contributed by atoms with Crippen molar-refractivity contribution in [3.05, 3.63) is 89.2 Å². The maximum Gasteiger partial charge on any atom is 0.255 e. The molecule has 1 aromatic heterocycles. The molecule has 2 aromatic carbocycles. The minimum atomic E-state index is -0.180. The van der Waals surface area contributed by atoms with Crippen LogP contribution in [0, 0.1) is 0 Å². The van der Waals surface area contributed by atoms with E-state index in [-0.39, 0.29) is 11.8 Å². The molecule has 3 aromatic rings. The average Bonchev–Trinajstić information content (AvgIpc) is 3.43. The summed E-state index contributed by atoms with van der Waals surface area (Å²) in [5.41, 5.74) is 4.87. The molecule has 2 N–H and O–H groups in total. The molecule has 1 saturated heterocycles. The number of unbranched alkanes of at least 4 members (excludes halogenated alkanes) is 2. The summed E-state index contributed by atoms with van der Waals surface area (Å²) in [6.45, 7) is 4.45. The summed E-state index contributed by atoms with van der Waals surface area (Å²) in [6, 6.07) is 17.2. The van der Waals surface area contributed by atoms with Crippen LogP contribution >= 0.6 is 0 Å². The van der Waals surface area contributed by atoms with Gasteiger partial charge in [0.05, 0.1) is 5.56 Å². The Labute approximate surface area is 207 Å². The van der Waals surface area contributed by atoms with Crippen molar-refractivity contribution < 1.29 is 9.59 Å². The number of aromatic nitrogens is 1. The van der Waals surface area contributed by atoms with Crippen molar-refractivity contribution in [1.82, 2.24) is 10.3 Å². The number of pyridine rings is 1. The molecule has 0 spiro atoms. The van der Waals surface area contributed by atoms with Gasteiger partial charge in [-0.2, -0.15) is 0 Å². The van der Waals surface area contributed by atoms with Crippen LogP contribution in [0.1, 0.15) is 70.9 Å². The second-order valence-corrected chi connectivity index (χ2v) is 9.08. The quantitative estimate of drug-likeness (QED) is 0.379. The van der Waals surface area contributed by atoms with Crippen LogP contribution in [0.15, 0.2) is 67.0 Å². The number of nitrogens with one attached hydrogen (secondary N) is 2. The SMILES string of the molecule is CCCCCc1ccc(C(=O)Nc2ccc(N3CCCC3)c(C(=O)NCc3cccnc3)c2)cc1. The first-order chi connectivity index (χ1) is 17.1. The number of aryl methyl sites for hydroxylation is 1. The number of nitrogens with zero attached hydrogens (tertiary/aromatic N) is 2. The lowest BCUT2D eigenvalue weighted by atomic mass is 10.0. The van der Waals surface area contributed by atoms with Crippen molar-refractivity contribution in [3.8, 4) is 0 Å². The summed E-state index contributed by atoms with van der Waals surface area (Å²) in [4.78, 5) is 32.4. The van der Waals surface area contributed by atoms with Crippen LogP contribution in [0.5, 0.6) is 0 Å². The van der Waals surface area contributed by atoms with Crippen molar-refractivity contribution in [3.63, 3.8) is 0 Å². The summed E-state index contributed by atoms with van der Waals surface area (Å²) < 4.78 is 0. The number of rotatable bonds is 10. The van der Waals surface area contributed by atoms with Gasteiger partial charge in [0.15, 0.2) is 0 Å². The number of carbonyl (C=O) groups excluding carboxylic acids is 2. The van der Waals surface area contributed by atoms with Gasteiger partial charge in [0.1, 0.15) is 0 Å². The van der Waals surface area contributed by atoms with Gasteiger partial charge in [-0.3, -0.25) is 14.6 Å². The van der Waals surface area contributed by atoms with Gasteiger partial charge < -0.3 is 15.5 Å². The lowest BCUT2D eigenvalue weighted by Gasteiger charge is -2.22. The van der Waals surface area contributed by atoms with E-state index in [9.17, 15) is 9.59 Å². The first kappa shape index (κ1) is 24.5. The van der Waals surface area contributed by atoms with E-state index >= 15 is 0 Å². The number of amides is 2. The van der Waals surface area contributed by atoms with E-state index in [4.69, 9.17) is 0 Å². The fraction of sp³-hybridized carbons (Fsp3) is 0.345. The van der Waals surface area contributed by atoms with Gasteiger partial charge >= 0.3 is 0 Å². The van der Waals surface area contributed by atoms with Crippen molar-refractivity contribution in [2.45, 2.75) is 52.0 Å². The Balaban J connectivity index is 1.47. The highest BCUT2D eigenvalue weighted by atomic mass is 16.2. The molecule has 35 heavy (non-hydrogen) atoms. The van der Waals surface area contributed by atoms with Crippen molar-refractivity contribution in [2.24, 2.45) is 0 Å². The highest BCUT2D eigenvalue weighted by Gasteiger charge is 2.20. The molecule has 0 saturated carbocycles. The molecule has 1 fully saturated rings. The third-order valence-corrected chi connectivity index (χ3v) is 6.41.